The third kappa shape index (κ3) is 3.43. The van der Waals surface area contributed by atoms with Gasteiger partial charge in [-0.25, -0.2) is 4.39 Å². The van der Waals surface area contributed by atoms with Crippen molar-refractivity contribution in [2.45, 2.75) is 19.4 Å². The number of hydrogen-bond acceptors (Lipinski definition) is 1. The van der Waals surface area contributed by atoms with Crippen molar-refractivity contribution in [1.29, 1.82) is 0 Å². The third-order valence-electron chi connectivity index (χ3n) is 2.96. The molecule has 4 heteroatoms. The molecule has 1 amide bonds. The van der Waals surface area contributed by atoms with Crippen LogP contribution in [-0.2, 0) is 11.3 Å². The van der Waals surface area contributed by atoms with E-state index in [1.807, 2.05) is 0 Å². The van der Waals surface area contributed by atoms with E-state index in [0.29, 0.717) is 24.6 Å². The summed E-state index contributed by atoms with van der Waals surface area (Å²) in [5.74, 6) is 0.146. The molecule has 0 N–H and O–H groups in total. The molecule has 0 saturated heterocycles. The molecule has 1 aliphatic carbocycles. The summed E-state index contributed by atoms with van der Waals surface area (Å²) < 4.78 is 13.5. The van der Waals surface area contributed by atoms with E-state index in [2.05, 4.69) is 0 Å². The van der Waals surface area contributed by atoms with Gasteiger partial charge in [0.25, 0.3) is 0 Å². The number of alkyl halides is 1. The summed E-state index contributed by atoms with van der Waals surface area (Å²) in [6.45, 7) is 1.01. The van der Waals surface area contributed by atoms with Crippen LogP contribution >= 0.6 is 11.6 Å². The van der Waals surface area contributed by atoms with Crippen molar-refractivity contribution in [1.82, 2.24) is 4.90 Å². The highest BCUT2D eigenvalue weighted by Gasteiger charge is 2.26. The predicted octanol–water partition coefficient (Wildman–Crippen LogP) is 2.80. The Morgan fingerprint density at radius 1 is 1.41 bits per heavy atom. The van der Waals surface area contributed by atoms with Crippen LogP contribution in [0.4, 0.5) is 4.39 Å². The standard InChI is InChI=1S/C13H15ClFNO/c14-7-13(17)16(8-10-5-6-10)9-11-3-1-2-4-12(11)15/h1-4,10H,5-9H2. The Morgan fingerprint density at radius 2 is 2.12 bits per heavy atom. The van der Waals surface area contributed by atoms with E-state index in [-0.39, 0.29) is 17.6 Å². The van der Waals surface area contributed by atoms with Crippen molar-refractivity contribution in [3.8, 4) is 0 Å². The van der Waals surface area contributed by atoms with Gasteiger partial charge in [-0.05, 0) is 24.8 Å². The maximum Gasteiger partial charge on any atom is 0.237 e. The van der Waals surface area contributed by atoms with Crippen LogP contribution in [0, 0.1) is 11.7 Å². The van der Waals surface area contributed by atoms with Gasteiger partial charge in [-0.3, -0.25) is 4.79 Å². The second kappa shape index (κ2) is 5.50. The summed E-state index contributed by atoms with van der Waals surface area (Å²) in [6, 6.07) is 6.54. The first-order valence-electron chi connectivity index (χ1n) is 5.78. The monoisotopic (exact) mass is 255 g/mol. The van der Waals surface area contributed by atoms with Crippen molar-refractivity contribution in [3.63, 3.8) is 0 Å². The van der Waals surface area contributed by atoms with Crippen LogP contribution < -0.4 is 0 Å². The van der Waals surface area contributed by atoms with Gasteiger partial charge in [0.15, 0.2) is 0 Å². The molecule has 1 aromatic carbocycles. The van der Waals surface area contributed by atoms with E-state index >= 15 is 0 Å². The first kappa shape index (κ1) is 12.4. The molecule has 0 aromatic heterocycles. The average Bonchev–Trinajstić information content (AvgIpc) is 3.14. The highest BCUT2D eigenvalue weighted by atomic mass is 35.5. The van der Waals surface area contributed by atoms with E-state index in [1.165, 1.54) is 6.07 Å². The van der Waals surface area contributed by atoms with Gasteiger partial charge in [-0.15, -0.1) is 11.6 Å². The Kier molecular flexibility index (Phi) is 4.00. The van der Waals surface area contributed by atoms with Crippen LogP contribution in [-0.4, -0.2) is 23.2 Å². The number of rotatable bonds is 5. The molecule has 0 atom stereocenters. The second-order valence-electron chi connectivity index (χ2n) is 4.44. The molecule has 2 rings (SSSR count). The quantitative estimate of drug-likeness (QED) is 0.741. The minimum Gasteiger partial charge on any atom is -0.337 e. The van der Waals surface area contributed by atoms with Gasteiger partial charge in [0.1, 0.15) is 11.7 Å². The molecule has 1 aromatic rings. The molecule has 1 fully saturated rings. The maximum absolute atomic E-state index is 13.5. The number of hydrogen-bond donors (Lipinski definition) is 0. The van der Waals surface area contributed by atoms with Crippen molar-refractivity contribution >= 4 is 17.5 Å². The maximum atomic E-state index is 13.5. The molecule has 0 heterocycles. The molecule has 0 radical (unpaired) electrons. The van der Waals surface area contributed by atoms with Crippen LogP contribution in [0.15, 0.2) is 24.3 Å². The van der Waals surface area contributed by atoms with E-state index in [4.69, 9.17) is 11.6 Å². The Hall–Kier alpha value is -1.09. The second-order valence-corrected chi connectivity index (χ2v) is 4.71. The average molecular weight is 256 g/mol. The van der Waals surface area contributed by atoms with Crippen molar-refractivity contribution < 1.29 is 9.18 Å². The zero-order valence-electron chi connectivity index (χ0n) is 9.53. The third-order valence-corrected chi connectivity index (χ3v) is 3.19. The van der Waals surface area contributed by atoms with E-state index in [9.17, 15) is 9.18 Å². The van der Waals surface area contributed by atoms with Crippen LogP contribution in [0.25, 0.3) is 0 Å². The zero-order chi connectivity index (χ0) is 12.3. The summed E-state index contributed by atoms with van der Waals surface area (Å²) in [5, 5.41) is 0. The molecular formula is C13H15ClFNO. The molecule has 0 unspecified atom stereocenters. The molecular weight excluding hydrogens is 241 g/mol. The highest BCUT2D eigenvalue weighted by molar-refractivity contribution is 6.27. The molecule has 92 valence electrons. The fourth-order valence-electron chi connectivity index (χ4n) is 1.78. The number of benzene rings is 1. The lowest BCUT2D eigenvalue weighted by Gasteiger charge is -2.22. The molecule has 17 heavy (non-hydrogen) atoms. The van der Waals surface area contributed by atoms with Gasteiger partial charge in [0.05, 0.1) is 0 Å². The molecule has 1 saturated carbocycles. The molecule has 2 nitrogen and oxygen atoms in total. The number of amides is 1. The van der Waals surface area contributed by atoms with E-state index in [0.717, 1.165) is 12.8 Å². The van der Waals surface area contributed by atoms with Crippen molar-refractivity contribution in [2.24, 2.45) is 5.92 Å². The van der Waals surface area contributed by atoms with Crippen LogP contribution in [0.5, 0.6) is 0 Å². The highest BCUT2D eigenvalue weighted by Crippen LogP contribution is 2.30. The summed E-state index contributed by atoms with van der Waals surface area (Å²) >= 11 is 5.57. The Bertz CT molecular complexity index is 406. The lowest BCUT2D eigenvalue weighted by Crippen LogP contribution is -2.33. The van der Waals surface area contributed by atoms with Gasteiger partial charge in [-0.2, -0.15) is 0 Å². The number of carbonyl (C=O) groups excluding carboxylic acids is 1. The number of carbonyl (C=O) groups is 1. The topological polar surface area (TPSA) is 20.3 Å². The van der Waals surface area contributed by atoms with Crippen LogP contribution in [0.1, 0.15) is 18.4 Å². The lowest BCUT2D eigenvalue weighted by atomic mass is 10.2. The van der Waals surface area contributed by atoms with Crippen molar-refractivity contribution in [2.75, 3.05) is 12.4 Å². The van der Waals surface area contributed by atoms with Crippen LogP contribution in [0.3, 0.4) is 0 Å². The summed E-state index contributed by atoms with van der Waals surface area (Å²) in [5.41, 5.74) is 0.548. The first-order valence-corrected chi connectivity index (χ1v) is 6.31. The molecule has 1 aliphatic rings. The fraction of sp³-hybridized carbons (Fsp3) is 0.462. The summed E-state index contributed by atoms with van der Waals surface area (Å²) in [6.07, 6.45) is 2.31. The largest absolute Gasteiger partial charge is 0.337 e. The molecule has 0 bridgehead atoms. The molecule has 0 aliphatic heterocycles. The SMILES string of the molecule is O=C(CCl)N(Cc1ccccc1F)CC1CC1. The minimum atomic E-state index is -0.268. The van der Waals surface area contributed by atoms with Gasteiger partial charge < -0.3 is 4.90 Å². The Balaban J connectivity index is 2.05. The number of nitrogens with zero attached hydrogens (tertiary/aromatic N) is 1. The fourth-order valence-corrected chi connectivity index (χ4v) is 1.95. The lowest BCUT2D eigenvalue weighted by molar-refractivity contribution is -0.129. The Labute approximate surface area is 105 Å². The minimum absolute atomic E-state index is 0.0405. The normalized spacial score (nSPS) is 14.7. The van der Waals surface area contributed by atoms with Gasteiger partial charge >= 0.3 is 0 Å². The van der Waals surface area contributed by atoms with Gasteiger partial charge in [0.2, 0.25) is 5.91 Å². The van der Waals surface area contributed by atoms with Gasteiger partial charge in [0, 0.05) is 18.7 Å². The Morgan fingerprint density at radius 3 is 2.71 bits per heavy atom. The van der Waals surface area contributed by atoms with Crippen molar-refractivity contribution in [3.05, 3.63) is 35.6 Å². The summed E-state index contributed by atoms with van der Waals surface area (Å²) in [7, 11) is 0. The van der Waals surface area contributed by atoms with E-state index < -0.39 is 0 Å². The van der Waals surface area contributed by atoms with E-state index in [1.54, 1.807) is 23.1 Å². The predicted molar refractivity (Wildman–Crippen MR) is 65.3 cm³/mol. The van der Waals surface area contributed by atoms with Gasteiger partial charge in [-0.1, -0.05) is 18.2 Å². The molecule has 0 spiro atoms. The van der Waals surface area contributed by atoms with Crippen LogP contribution in [0.2, 0.25) is 0 Å². The zero-order valence-corrected chi connectivity index (χ0v) is 10.3. The first-order chi connectivity index (χ1) is 8.20. The summed E-state index contributed by atoms with van der Waals surface area (Å²) in [4.78, 5) is 13.3. The number of halogens is 2. The smallest absolute Gasteiger partial charge is 0.237 e.